The minimum atomic E-state index is -0.564. The zero-order valence-electron chi connectivity index (χ0n) is 12.7. The number of halogens is 3. The molecule has 0 saturated carbocycles. The van der Waals surface area contributed by atoms with E-state index in [2.05, 4.69) is 5.32 Å². The van der Waals surface area contributed by atoms with Crippen LogP contribution in [0.4, 0.5) is 14.5 Å². The first kappa shape index (κ1) is 17.4. The third kappa shape index (κ3) is 5.62. The molecule has 0 fully saturated rings. The number of rotatable bonds is 6. The van der Waals surface area contributed by atoms with Crippen LogP contribution in [-0.2, 0) is 11.3 Å². The summed E-state index contributed by atoms with van der Waals surface area (Å²) in [5.41, 5.74) is 1.07. The van der Waals surface area contributed by atoms with Crippen molar-refractivity contribution in [2.45, 2.75) is 13.0 Å². The second-order valence-corrected chi connectivity index (χ2v) is 5.72. The lowest BCUT2D eigenvalue weighted by Gasteiger charge is -2.16. The topological polar surface area (TPSA) is 32.3 Å². The van der Waals surface area contributed by atoms with Crippen LogP contribution in [0.15, 0.2) is 42.5 Å². The standard InChI is InChI=1S/C17H17ClF2N2O/c1-22(11-12-2-5-14(19)6-3-12)9-8-17(23)21-16-7-4-13(18)10-15(16)20/h2-7,10H,8-9,11H2,1H3,(H,21,23). The third-order valence-corrected chi connectivity index (χ3v) is 3.53. The SMILES string of the molecule is CN(CCC(=O)Nc1ccc(Cl)cc1F)Cc1ccc(F)cc1. The number of nitrogens with zero attached hydrogens (tertiary/aromatic N) is 1. The fourth-order valence-electron chi connectivity index (χ4n) is 2.08. The molecule has 0 saturated heterocycles. The highest BCUT2D eigenvalue weighted by molar-refractivity contribution is 6.30. The smallest absolute Gasteiger partial charge is 0.225 e. The lowest BCUT2D eigenvalue weighted by molar-refractivity contribution is -0.116. The Labute approximate surface area is 138 Å². The maximum absolute atomic E-state index is 13.6. The Kier molecular flexibility index (Phi) is 6.07. The van der Waals surface area contributed by atoms with Crippen molar-refractivity contribution < 1.29 is 13.6 Å². The monoisotopic (exact) mass is 338 g/mol. The highest BCUT2D eigenvalue weighted by Crippen LogP contribution is 2.19. The van der Waals surface area contributed by atoms with Crippen molar-refractivity contribution in [3.8, 4) is 0 Å². The summed E-state index contributed by atoms with van der Waals surface area (Å²) >= 11 is 5.66. The van der Waals surface area contributed by atoms with Gasteiger partial charge < -0.3 is 10.2 Å². The minimum Gasteiger partial charge on any atom is -0.324 e. The molecule has 0 aliphatic carbocycles. The molecule has 0 heterocycles. The number of carbonyl (C=O) groups is 1. The number of hydrogen-bond acceptors (Lipinski definition) is 2. The molecule has 2 aromatic rings. The van der Waals surface area contributed by atoms with E-state index in [0.29, 0.717) is 13.1 Å². The Bertz CT molecular complexity index is 677. The molecule has 0 radical (unpaired) electrons. The molecule has 0 aromatic heterocycles. The Morgan fingerprint density at radius 1 is 1.17 bits per heavy atom. The number of benzene rings is 2. The van der Waals surface area contributed by atoms with E-state index in [-0.39, 0.29) is 28.9 Å². The zero-order chi connectivity index (χ0) is 16.8. The van der Waals surface area contributed by atoms with Crippen LogP contribution in [0.1, 0.15) is 12.0 Å². The molecule has 2 rings (SSSR count). The van der Waals surface area contributed by atoms with Crippen molar-refractivity contribution in [2.75, 3.05) is 18.9 Å². The van der Waals surface area contributed by atoms with Crippen molar-refractivity contribution in [1.29, 1.82) is 0 Å². The molecule has 122 valence electrons. The van der Waals surface area contributed by atoms with Gasteiger partial charge in [0, 0.05) is 24.5 Å². The van der Waals surface area contributed by atoms with Gasteiger partial charge in [-0.1, -0.05) is 23.7 Å². The number of anilines is 1. The van der Waals surface area contributed by atoms with Crippen LogP contribution in [-0.4, -0.2) is 24.4 Å². The molecule has 0 atom stereocenters. The predicted octanol–water partition coefficient (Wildman–Crippen LogP) is 4.08. The molecule has 3 nitrogen and oxygen atoms in total. The lowest BCUT2D eigenvalue weighted by atomic mass is 10.2. The number of carbonyl (C=O) groups excluding carboxylic acids is 1. The van der Waals surface area contributed by atoms with E-state index in [9.17, 15) is 13.6 Å². The van der Waals surface area contributed by atoms with Gasteiger partial charge in [0.05, 0.1) is 5.69 Å². The van der Waals surface area contributed by atoms with Crippen LogP contribution in [0, 0.1) is 11.6 Å². The predicted molar refractivity (Wildman–Crippen MR) is 87.4 cm³/mol. The summed E-state index contributed by atoms with van der Waals surface area (Å²) in [4.78, 5) is 13.8. The van der Waals surface area contributed by atoms with E-state index in [4.69, 9.17) is 11.6 Å². The second kappa shape index (κ2) is 8.04. The number of hydrogen-bond donors (Lipinski definition) is 1. The number of nitrogens with one attached hydrogen (secondary N) is 1. The molecule has 6 heteroatoms. The van der Waals surface area contributed by atoms with Crippen molar-refractivity contribution >= 4 is 23.2 Å². The van der Waals surface area contributed by atoms with Crippen molar-refractivity contribution in [3.63, 3.8) is 0 Å². The first-order chi connectivity index (χ1) is 10.9. The molecular formula is C17H17ClF2N2O. The van der Waals surface area contributed by atoms with Crippen LogP contribution in [0.2, 0.25) is 5.02 Å². The molecular weight excluding hydrogens is 322 g/mol. The normalized spacial score (nSPS) is 10.8. The quantitative estimate of drug-likeness (QED) is 0.860. The Balaban J connectivity index is 1.80. The summed E-state index contributed by atoms with van der Waals surface area (Å²) < 4.78 is 26.4. The summed E-state index contributed by atoms with van der Waals surface area (Å²) in [6.07, 6.45) is 0.222. The van der Waals surface area contributed by atoms with Gasteiger partial charge in [0.1, 0.15) is 11.6 Å². The first-order valence-corrected chi connectivity index (χ1v) is 7.50. The number of amides is 1. The van der Waals surface area contributed by atoms with E-state index in [1.165, 1.54) is 24.3 Å². The van der Waals surface area contributed by atoms with Gasteiger partial charge in [0.25, 0.3) is 0 Å². The minimum absolute atomic E-state index is 0.112. The Hall–Kier alpha value is -1.98. The molecule has 0 aliphatic rings. The molecule has 0 bridgehead atoms. The maximum Gasteiger partial charge on any atom is 0.225 e. The summed E-state index contributed by atoms with van der Waals surface area (Å²) in [6.45, 7) is 1.10. The maximum atomic E-state index is 13.6. The Morgan fingerprint density at radius 3 is 2.52 bits per heavy atom. The summed E-state index contributed by atoms with van der Waals surface area (Å²) in [7, 11) is 1.86. The van der Waals surface area contributed by atoms with Gasteiger partial charge in [0.2, 0.25) is 5.91 Å². The molecule has 1 N–H and O–H groups in total. The summed E-state index contributed by atoms with van der Waals surface area (Å²) in [5.74, 6) is -1.12. The van der Waals surface area contributed by atoms with E-state index >= 15 is 0 Å². The van der Waals surface area contributed by atoms with E-state index < -0.39 is 5.82 Å². The average molecular weight is 339 g/mol. The largest absolute Gasteiger partial charge is 0.324 e. The van der Waals surface area contributed by atoms with Gasteiger partial charge in [-0.05, 0) is 42.9 Å². The second-order valence-electron chi connectivity index (χ2n) is 5.29. The highest BCUT2D eigenvalue weighted by atomic mass is 35.5. The fourth-order valence-corrected chi connectivity index (χ4v) is 2.24. The molecule has 2 aromatic carbocycles. The van der Waals surface area contributed by atoms with Gasteiger partial charge in [-0.25, -0.2) is 8.78 Å². The van der Waals surface area contributed by atoms with Gasteiger partial charge in [-0.3, -0.25) is 4.79 Å². The Morgan fingerprint density at radius 2 is 1.87 bits per heavy atom. The lowest BCUT2D eigenvalue weighted by Crippen LogP contribution is -2.24. The van der Waals surface area contributed by atoms with E-state index in [0.717, 1.165) is 11.6 Å². The molecule has 1 amide bonds. The first-order valence-electron chi connectivity index (χ1n) is 7.12. The van der Waals surface area contributed by atoms with Crippen LogP contribution in [0.25, 0.3) is 0 Å². The van der Waals surface area contributed by atoms with Crippen LogP contribution >= 0.6 is 11.6 Å². The van der Waals surface area contributed by atoms with Crippen molar-refractivity contribution in [1.82, 2.24) is 4.90 Å². The third-order valence-electron chi connectivity index (χ3n) is 3.29. The molecule has 23 heavy (non-hydrogen) atoms. The van der Waals surface area contributed by atoms with Gasteiger partial charge in [-0.2, -0.15) is 0 Å². The van der Waals surface area contributed by atoms with Crippen molar-refractivity contribution in [3.05, 3.63) is 64.7 Å². The van der Waals surface area contributed by atoms with Gasteiger partial charge >= 0.3 is 0 Å². The van der Waals surface area contributed by atoms with E-state index in [1.54, 1.807) is 12.1 Å². The zero-order valence-corrected chi connectivity index (χ0v) is 13.4. The van der Waals surface area contributed by atoms with Gasteiger partial charge in [0.15, 0.2) is 0 Å². The molecule has 0 aliphatic heterocycles. The highest BCUT2D eigenvalue weighted by Gasteiger charge is 2.09. The average Bonchev–Trinajstić information content (AvgIpc) is 2.50. The molecule has 0 unspecified atom stereocenters. The van der Waals surface area contributed by atoms with Crippen LogP contribution in [0.3, 0.4) is 0 Å². The summed E-state index contributed by atoms with van der Waals surface area (Å²) in [5, 5.41) is 2.79. The van der Waals surface area contributed by atoms with Crippen LogP contribution in [0.5, 0.6) is 0 Å². The summed E-state index contributed by atoms with van der Waals surface area (Å²) in [6, 6.07) is 10.3. The van der Waals surface area contributed by atoms with Crippen molar-refractivity contribution in [2.24, 2.45) is 0 Å². The van der Waals surface area contributed by atoms with E-state index in [1.807, 2.05) is 11.9 Å². The van der Waals surface area contributed by atoms with Crippen LogP contribution < -0.4 is 5.32 Å². The van der Waals surface area contributed by atoms with Gasteiger partial charge in [-0.15, -0.1) is 0 Å². The molecule has 0 spiro atoms. The fraction of sp³-hybridized carbons (Fsp3) is 0.235.